The molecule has 0 amide bonds. The van der Waals surface area contributed by atoms with Gasteiger partial charge in [0, 0.05) is 33.3 Å². The van der Waals surface area contributed by atoms with E-state index in [9.17, 15) is 0 Å². The molecule has 0 unspecified atom stereocenters. The summed E-state index contributed by atoms with van der Waals surface area (Å²) in [6, 6.07) is 12.7. The van der Waals surface area contributed by atoms with E-state index in [1.165, 1.54) is 16.3 Å². The van der Waals surface area contributed by atoms with Gasteiger partial charge in [0.05, 0.1) is 13.2 Å². The van der Waals surface area contributed by atoms with Crippen molar-refractivity contribution in [2.45, 2.75) is 32.4 Å². The number of likely N-dealkylation sites (tertiary alicyclic amines) is 1. The molecule has 5 nitrogen and oxygen atoms in total. The molecule has 0 spiro atoms. The second-order valence-corrected chi connectivity index (χ2v) is 6.59. The molecule has 0 saturated carbocycles. The maximum Gasteiger partial charge on any atom is 0.193 e. The average molecular weight is 483 g/mol. The summed E-state index contributed by atoms with van der Waals surface area (Å²) in [5, 5.41) is 5.91. The van der Waals surface area contributed by atoms with E-state index in [1.807, 2.05) is 13.1 Å². The van der Waals surface area contributed by atoms with Crippen molar-refractivity contribution < 1.29 is 9.47 Å². The van der Waals surface area contributed by atoms with Crippen molar-refractivity contribution >= 4 is 40.7 Å². The van der Waals surface area contributed by atoms with Gasteiger partial charge in [-0.1, -0.05) is 18.2 Å². The third-order valence-corrected chi connectivity index (χ3v) is 4.92. The second-order valence-electron chi connectivity index (χ2n) is 6.59. The van der Waals surface area contributed by atoms with Crippen LogP contribution in [0.3, 0.4) is 0 Å². The minimum atomic E-state index is 0. The first-order valence-corrected chi connectivity index (χ1v) is 9.37. The van der Waals surface area contributed by atoms with E-state index in [1.54, 1.807) is 7.11 Å². The smallest absolute Gasteiger partial charge is 0.193 e. The molecule has 0 atom stereocenters. The molecule has 2 aromatic rings. The van der Waals surface area contributed by atoms with Gasteiger partial charge in [0.1, 0.15) is 5.75 Å². The van der Waals surface area contributed by atoms with Crippen LogP contribution in [0.15, 0.2) is 41.4 Å². The molecule has 2 aromatic carbocycles. The maximum atomic E-state index is 5.74. The summed E-state index contributed by atoms with van der Waals surface area (Å²) in [7, 11) is 3.55. The topological polar surface area (TPSA) is 46.1 Å². The molecule has 1 heterocycles. The minimum Gasteiger partial charge on any atom is -0.497 e. The van der Waals surface area contributed by atoms with Gasteiger partial charge >= 0.3 is 0 Å². The number of methoxy groups -OCH3 is 1. The van der Waals surface area contributed by atoms with Crippen molar-refractivity contribution in [2.75, 3.05) is 33.9 Å². The molecule has 1 N–H and O–H groups in total. The van der Waals surface area contributed by atoms with Gasteiger partial charge < -0.3 is 19.7 Å². The summed E-state index contributed by atoms with van der Waals surface area (Å²) in [5.74, 6) is 1.86. The first kappa shape index (κ1) is 21.8. The van der Waals surface area contributed by atoms with E-state index in [2.05, 4.69) is 52.5 Å². The highest BCUT2D eigenvalue weighted by Crippen LogP contribution is 2.22. The van der Waals surface area contributed by atoms with Crippen LogP contribution in [0.1, 0.15) is 25.3 Å². The average Bonchev–Trinajstić information content (AvgIpc) is 2.69. The molecular formula is C21H30IN3O2. The third-order valence-electron chi connectivity index (χ3n) is 4.92. The zero-order valence-corrected chi connectivity index (χ0v) is 18.7. The van der Waals surface area contributed by atoms with Gasteiger partial charge in [-0.05, 0) is 54.3 Å². The van der Waals surface area contributed by atoms with Crippen molar-refractivity contribution in [1.82, 2.24) is 10.2 Å². The number of piperidine rings is 1. The van der Waals surface area contributed by atoms with Gasteiger partial charge in [0.15, 0.2) is 5.96 Å². The number of hydrogen-bond donors (Lipinski definition) is 1. The molecule has 148 valence electrons. The lowest BCUT2D eigenvalue weighted by Crippen LogP contribution is -2.46. The molecule has 27 heavy (non-hydrogen) atoms. The lowest BCUT2D eigenvalue weighted by Gasteiger charge is -2.34. The van der Waals surface area contributed by atoms with Crippen LogP contribution in [0.5, 0.6) is 5.75 Å². The predicted molar refractivity (Wildman–Crippen MR) is 122 cm³/mol. The van der Waals surface area contributed by atoms with E-state index in [0.29, 0.717) is 6.10 Å². The van der Waals surface area contributed by atoms with Crippen molar-refractivity contribution in [3.05, 3.63) is 42.0 Å². The fourth-order valence-corrected chi connectivity index (χ4v) is 3.49. The van der Waals surface area contributed by atoms with Crippen LogP contribution < -0.4 is 10.1 Å². The van der Waals surface area contributed by atoms with E-state index in [0.717, 1.165) is 50.8 Å². The van der Waals surface area contributed by atoms with E-state index in [-0.39, 0.29) is 24.0 Å². The van der Waals surface area contributed by atoms with Gasteiger partial charge in [-0.3, -0.25) is 4.99 Å². The lowest BCUT2D eigenvalue weighted by molar-refractivity contribution is 0.0263. The Balaban J connectivity index is 0.00000261. The van der Waals surface area contributed by atoms with E-state index >= 15 is 0 Å². The van der Waals surface area contributed by atoms with Crippen LogP contribution in [0.2, 0.25) is 0 Å². The number of guanidine groups is 1. The van der Waals surface area contributed by atoms with E-state index < -0.39 is 0 Å². The Morgan fingerprint density at radius 3 is 2.52 bits per heavy atom. The molecule has 0 bridgehead atoms. The molecule has 0 radical (unpaired) electrons. The molecule has 1 aliphatic rings. The van der Waals surface area contributed by atoms with Gasteiger partial charge in [-0.2, -0.15) is 0 Å². The standard InChI is InChI=1S/C21H29N3O2.HI/c1-4-26-19-9-11-24(12-10-19)21(22-2)23-15-16-5-6-18-14-20(25-3)8-7-17(18)13-16;/h5-8,13-14,19H,4,9-12,15H2,1-3H3,(H,22,23);1H. The summed E-state index contributed by atoms with van der Waals surface area (Å²) >= 11 is 0. The molecule has 1 aliphatic heterocycles. The van der Waals surface area contributed by atoms with Crippen LogP contribution in [0.25, 0.3) is 10.8 Å². The number of benzene rings is 2. The highest BCUT2D eigenvalue weighted by atomic mass is 127. The summed E-state index contributed by atoms with van der Waals surface area (Å²) in [4.78, 5) is 6.78. The summed E-state index contributed by atoms with van der Waals surface area (Å²) in [5.41, 5.74) is 1.24. The first-order chi connectivity index (χ1) is 12.7. The Kier molecular flexibility index (Phi) is 8.63. The zero-order valence-electron chi connectivity index (χ0n) is 16.4. The Labute approximate surface area is 179 Å². The fourth-order valence-electron chi connectivity index (χ4n) is 3.49. The first-order valence-electron chi connectivity index (χ1n) is 9.37. The third kappa shape index (κ3) is 5.72. The predicted octanol–water partition coefficient (Wildman–Crippen LogP) is 4.04. The molecule has 1 saturated heterocycles. The summed E-state index contributed by atoms with van der Waals surface area (Å²) in [6.07, 6.45) is 2.52. The fraction of sp³-hybridized carbons (Fsp3) is 0.476. The van der Waals surface area contributed by atoms with Crippen LogP contribution in [-0.4, -0.2) is 50.8 Å². The largest absolute Gasteiger partial charge is 0.497 e. The lowest BCUT2D eigenvalue weighted by atomic mass is 10.1. The van der Waals surface area contributed by atoms with Crippen molar-refractivity contribution in [3.63, 3.8) is 0 Å². The molecule has 3 rings (SSSR count). The van der Waals surface area contributed by atoms with Crippen molar-refractivity contribution in [2.24, 2.45) is 4.99 Å². The quantitative estimate of drug-likeness (QED) is 0.396. The second kappa shape index (κ2) is 10.7. The zero-order chi connectivity index (χ0) is 18.4. The Hall–Kier alpha value is -1.54. The Morgan fingerprint density at radius 1 is 1.15 bits per heavy atom. The van der Waals surface area contributed by atoms with Gasteiger partial charge in [0.25, 0.3) is 0 Å². The summed E-state index contributed by atoms with van der Waals surface area (Å²) in [6.45, 7) is 5.60. The van der Waals surface area contributed by atoms with Crippen molar-refractivity contribution in [3.8, 4) is 5.75 Å². The number of nitrogens with zero attached hydrogens (tertiary/aromatic N) is 2. The number of hydrogen-bond acceptors (Lipinski definition) is 3. The SMILES string of the molecule is CCOC1CCN(C(=NC)NCc2ccc3cc(OC)ccc3c2)CC1.I. The number of ether oxygens (including phenoxy) is 2. The van der Waals surface area contributed by atoms with Gasteiger partial charge in [-0.15, -0.1) is 24.0 Å². The van der Waals surface area contributed by atoms with Gasteiger partial charge in [-0.25, -0.2) is 0 Å². The highest BCUT2D eigenvalue weighted by molar-refractivity contribution is 14.0. The summed E-state index contributed by atoms with van der Waals surface area (Å²) < 4.78 is 11.0. The van der Waals surface area contributed by atoms with E-state index in [4.69, 9.17) is 9.47 Å². The Morgan fingerprint density at radius 2 is 1.85 bits per heavy atom. The maximum absolute atomic E-state index is 5.74. The molecule has 0 aromatic heterocycles. The number of aliphatic imine (C=N–C) groups is 1. The normalized spacial score (nSPS) is 15.5. The van der Waals surface area contributed by atoms with Crippen LogP contribution in [0, 0.1) is 0 Å². The van der Waals surface area contributed by atoms with Gasteiger partial charge in [0.2, 0.25) is 0 Å². The monoisotopic (exact) mass is 483 g/mol. The van der Waals surface area contributed by atoms with Crippen LogP contribution in [-0.2, 0) is 11.3 Å². The molecular weight excluding hydrogens is 453 g/mol. The molecule has 0 aliphatic carbocycles. The number of fused-ring (bicyclic) bond motifs is 1. The molecule has 1 fully saturated rings. The molecule has 6 heteroatoms. The van der Waals surface area contributed by atoms with Crippen molar-refractivity contribution in [1.29, 1.82) is 0 Å². The minimum absolute atomic E-state index is 0. The number of rotatable bonds is 5. The van der Waals surface area contributed by atoms with Crippen LogP contribution in [0.4, 0.5) is 0 Å². The Bertz CT molecular complexity index is 758. The van der Waals surface area contributed by atoms with Crippen LogP contribution >= 0.6 is 24.0 Å². The number of halogens is 1. The number of nitrogens with one attached hydrogen (secondary N) is 1. The highest BCUT2D eigenvalue weighted by Gasteiger charge is 2.21.